The Labute approximate surface area is 130 Å². The Hall–Kier alpha value is -1.71. The zero-order valence-electron chi connectivity index (χ0n) is 12.4. The second-order valence-electron chi connectivity index (χ2n) is 4.68. The minimum absolute atomic E-state index is 0.627. The van der Waals surface area contributed by atoms with Crippen molar-refractivity contribution in [3.05, 3.63) is 58.6 Å². The summed E-state index contributed by atoms with van der Waals surface area (Å²) < 4.78 is 10.7. The monoisotopic (exact) mass is 305 g/mol. The summed E-state index contributed by atoms with van der Waals surface area (Å²) in [6, 6.07) is 13.9. The maximum atomic E-state index is 6.04. The Kier molecular flexibility index (Phi) is 5.90. The highest BCUT2D eigenvalue weighted by Gasteiger charge is 2.04. The van der Waals surface area contributed by atoms with Gasteiger partial charge in [0.25, 0.3) is 0 Å². The molecule has 0 unspecified atom stereocenters. The van der Waals surface area contributed by atoms with Crippen LogP contribution < -0.4 is 10.1 Å². The van der Waals surface area contributed by atoms with E-state index < -0.39 is 0 Å². The molecule has 112 valence electrons. The Morgan fingerprint density at radius 3 is 2.43 bits per heavy atom. The first-order valence-corrected chi connectivity index (χ1v) is 7.33. The molecule has 0 saturated carbocycles. The summed E-state index contributed by atoms with van der Waals surface area (Å²) in [6.07, 6.45) is 0. The Morgan fingerprint density at radius 2 is 1.76 bits per heavy atom. The second-order valence-corrected chi connectivity index (χ2v) is 5.11. The molecule has 0 spiro atoms. The van der Waals surface area contributed by atoms with E-state index >= 15 is 0 Å². The lowest BCUT2D eigenvalue weighted by atomic mass is 10.1. The van der Waals surface area contributed by atoms with Crippen LogP contribution in [0.3, 0.4) is 0 Å². The third kappa shape index (κ3) is 4.66. The molecule has 2 aromatic carbocycles. The Morgan fingerprint density at radius 1 is 1.05 bits per heavy atom. The SMILES string of the molecule is CCOc1ccc(Cl)cc1NCc1ccc(COC)cc1. The van der Waals surface area contributed by atoms with Gasteiger partial charge in [-0.2, -0.15) is 0 Å². The zero-order chi connectivity index (χ0) is 15.1. The lowest BCUT2D eigenvalue weighted by molar-refractivity contribution is 0.185. The summed E-state index contributed by atoms with van der Waals surface area (Å²) in [4.78, 5) is 0. The van der Waals surface area contributed by atoms with Gasteiger partial charge in [-0.15, -0.1) is 0 Å². The number of benzene rings is 2. The maximum Gasteiger partial charge on any atom is 0.142 e. The summed E-state index contributed by atoms with van der Waals surface area (Å²) in [5.41, 5.74) is 3.27. The average molecular weight is 306 g/mol. The minimum Gasteiger partial charge on any atom is -0.492 e. The summed E-state index contributed by atoms with van der Waals surface area (Å²) >= 11 is 6.04. The number of ether oxygens (including phenoxy) is 2. The van der Waals surface area contributed by atoms with Gasteiger partial charge in [0.2, 0.25) is 0 Å². The van der Waals surface area contributed by atoms with Crippen molar-refractivity contribution in [1.82, 2.24) is 0 Å². The van der Waals surface area contributed by atoms with E-state index in [1.165, 1.54) is 11.1 Å². The number of rotatable bonds is 7. The lowest BCUT2D eigenvalue weighted by Crippen LogP contribution is -2.03. The fourth-order valence-electron chi connectivity index (χ4n) is 2.04. The van der Waals surface area contributed by atoms with E-state index in [1.807, 2.05) is 25.1 Å². The minimum atomic E-state index is 0.627. The van der Waals surface area contributed by atoms with Gasteiger partial charge >= 0.3 is 0 Å². The lowest BCUT2D eigenvalue weighted by Gasteiger charge is -2.13. The molecular weight excluding hydrogens is 286 g/mol. The normalized spacial score (nSPS) is 10.4. The molecule has 0 aliphatic heterocycles. The first kappa shape index (κ1) is 15.7. The van der Waals surface area contributed by atoms with Crippen LogP contribution in [0.4, 0.5) is 5.69 Å². The van der Waals surface area contributed by atoms with Crippen molar-refractivity contribution in [3.8, 4) is 5.75 Å². The van der Waals surface area contributed by atoms with Crippen LogP contribution in [0.5, 0.6) is 5.75 Å². The van der Waals surface area contributed by atoms with Crippen LogP contribution in [0.2, 0.25) is 5.02 Å². The van der Waals surface area contributed by atoms with Crippen LogP contribution >= 0.6 is 11.6 Å². The second kappa shape index (κ2) is 7.91. The first-order chi connectivity index (χ1) is 10.2. The van der Waals surface area contributed by atoms with Crippen LogP contribution in [-0.2, 0) is 17.9 Å². The summed E-state index contributed by atoms with van der Waals surface area (Å²) in [6.45, 7) is 3.94. The topological polar surface area (TPSA) is 30.5 Å². The molecule has 0 heterocycles. The van der Waals surface area contributed by atoms with Gasteiger partial charge in [0.1, 0.15) is 5.75 Å². The molecule has 0 fully saturated rings. The molecule has 0 aliphatic carbocycles. The molecule has 2 rings (SSSR count). The molecule has 0 amide bonds. The number of hydrogen-bond acceptors (Lipinski definition) is 3. The first-order valence-electron chi connectivity index (χ1n) is 6.96. The van der Waals surface area contributed by atoms with Crippen LogP contribution in [0.1, 0.15) is 18.1 Å². The quantitative estimate of drug-likeness (QED) is 0.817. The van der Waals surface area contributed by atoms with E-state index in [4.69, 9.17) is 21.1 Å². The van der Waals surface area contributed by atoms with Gasteiger partial charge in [0.05, 0.1) is 18.9 Å². The highest BCUT2D eigenvalue weighted by Crippen LogP contribution is 2.28. The van der Waals surface area contributed by atoms with Crippen molar-refractivity contribution >= 4 is 17.3 Å². The van der Waals surface area contributed by atoms with Crippen molar-refractivity contribution < 1.29 is 9.47 Å². The van der Waals surface area contributed by atoms with Crippen molar-refractivity contribution in [2.45, 2.75) is 20.1 Å². The van der Waals surface area contributed by atoms with Crippen molar-refractivity contribution in [2.24, 2.45) is 0 Å². The van der Waals surface area contributed by atoms with Crippen molar-refractivity contribution in [1.29, 1.82) is 0 Å². The number of methoxy groups -OCH3 is 1. The molecular formula is C17H20ClNO2. The van der Waals surface area contributed by atoms with E-state index in [2.05, 4.69) is 29.6 Å². The molecule has 0 bridgehead atoms. The highest BCUT2D eigenvalue weighted by molar-refractivity contribution is 6.30. The van der Waals surface area contributed by atoms with Crippen LogP contribution in [0, 0.1) is 0 Å². The van der Waals surface area contributed by atoms with Gasteiger partial charge in [-0.3, -0.25) is 0 Å². The predicted octanol–water partition coefficient (Wildman–Crippen LogP) is 4.50. The van der Waals surface area contributed by atoms with E-state index in [0.29, 0.717) is 24.8 Å². The summed E-state index contributed by atoms with van der Waals surface area (Å²) in [5, 5.41) is 4.06. The van der Waals surface area contributed by atoms with Gasteiger partial charge in [0.15, 0.2) is 0 Å². The van der Waals surface area contributed by atoms with E-state index in [9.17, 15) is 0 Å². The van der Waals surface area contributed by atoms with E-state index in [-0.39, 0.29) is 0 Å². The van der Waals surface area contributed by atoms with E-state index in [1.54, 1.807) is 7.11 Å². The average Bonchev–Trinajstić information content (AvgIpc) is 2.49. The molecule has 3 nitrogen and oxygen atoms in total. The fraction of sp³-hybridized carbons (Fsp3) is 0.294. The molecule has 0 aromatic heterocycles. The Balaban J connectivity index is 2.03. The third-order valence-corrected chi connectivity index (χ3v) is 3.29. The van der Waals surface area contributed by atoms with Crippen LogP contribution in [-0.4, -0.2) is 13.7 Å². The van der Waals surface area contributed by atoms with Gasteiger partial charge < -0.3 is 14.8 Å². The smallest absolute Gasteiger partial charge is 0.142 e. The molecule has 1 N–H and O–H groups in total. The number of halogens is 1. The molecule has 0 saturated heterocycles. The fourth-order valence-corrected chi connectivity index (χ4v) is 2.21. The largest absolute Gasteiger partial charge is 0.492 e. The standard InChI is InChI=1S/C17H20ClNO2/c1-3-21-17-9-8-15(18)10-16(17)19-11-13-4-6-14(7-5-13)12-20-2/h4-10,19H,3,11-12H2,1-2H3. The molecule has 2 aromatic rings. The van der Waals surface area contributed by atoms with Crippen molar-refractivity contribution in [2.75, 3.05) is 19.0 Å². The van der Waals surface area contributed by atoms with Crippen LogP contribution in [0.15, 0.2) is 42.5 Å². The van der Waals surface area contributed by atoms with Crippen LogP contribution in [0.25, 0.3) is 0 Å². The van der Waals surface area contributed by atoms with Gasteiger partial charge in [-0.05, 0) is 36.2 Å². The van der Waals surface area contributed by atoms with E-state index in [0.717, 1.165) is 11.4 Å². The molecule has 4 heteroatoms. The number of anilines is 1. The van der Waals surface area contributed by atoms with Gasteiger partial charge in [-0.1, -0.05) is 35.9 Å². The third-order valence-electron chi connectivity index (χ3n) is 3.06. The van der Waals surface area contributed by atoms with Gasteiger partial charge in [0, 0.05) is 18.7 Å². The summed E-state index contributed by atoms with van der Waals surface area (Å²) in [5.74, 6) is 0.818. The molecule has 0 aliphatic rings. The zero-order valence-corrected chi connectivity index (χ0v) is 13.1. The molecule has 21 heavy (non-hydrogen) atoms. The maximum absolute atomic E-state index is 6.04. The molecule has 0 radical (unpaired) electrons. The van der Waals surface area contributed by atoms with Crippen molar-refractivity contribution in [3.63, 3.8) is 0 Å². The Bertz CT molecular complexity index is 570. The van der Waals surface area contributed by atoms with Gasteiger partial charge in [-0.25, -0.2) is 0 Å². The predicted molar refractivity (Wildman–Crippen MR) is 87.1 cm³/mol. The summed E-state index contributed by atoms with van der Waals surface area (Å²) in [7, 11) is 1.70. The number of hydrogen-bond donors (Lipinski definition) is 1. The molecule has 0 atom stereocenters. The number of nitrogens with one attached hydrogen (secondary N) is 1. The highest BCUT2D eigenvalue weighted by atomic mass is 35.5.